The Morgan fingerprint density at radius 1 is 1.90 bits per heavy atom. The fourth-order valence-electron chi connectivity index (χ4n) is 0.593. The molecule has 1 aromatic rings. The number of thiazole rings is 1. The van der Waals surface area contributed by atoms with Gasteiger partial charge in [-0.3, -0.25) is 0 Å². The third-order valence-electron chi connectivity index (χ3n) is 1.09. The highest BCUT2D eigenvalue weighted by molar-refractivity contribution is 7.12. The van der Waals surface area contributed by atoms with E-state index in [-0.39, 0.29) is 5.84 Å². The lowest BCUT2D eigenvalue weighted by Gasteiger charge is -1.91. The lowest BCUT2D eigenvalue weighted by molar-refractivity contribution is 0.318. The summed E-state index contributed by atoms with van der Waals surface area (Å²) in [6.07, 6.45) is 0. The molecule has 0 fully saturated rings. The summed E-state index contributed by atoms with van der Waals surface area (Å²) in [4.78, 5) is 4.66. The van der Waals surface area contributed by atoms with Crippen LogP contribution in [0.5, 0.6) is 0 Å². The Kier molecular flexibility index (Phi) is 1.86. The first kappa shape index (κ1) is 7.01. The predicted molar refractivity (Wildman–Crippen MR) is 39.4 cm³/mol. The number of aryl methyl sites for hydroxylation is 1. The fraction of sp³-hybridized carbons (Fsp3) is 0.200. The standard InChI is InChI=1S/C5H7N3OS/c1-3-4(5(6)8-9)10-2-7-3/h2,9H,1H3,(H2,6,8). The largest absolute Gasteiger partial charge is 0.409 e. The summed E-state index contributed by atoms with van der Waals surface area (Å²) >= 11 is 1.36. The van der Waals surface area contributed by atoms with Crippen LogP contribution in [-0.4, -0.2) is 16.0 Å². The van der Waals surface area contributed by atoms with Crippen LogP contribution in [0.25, 0.3) is 0 Å². The first-order valence-corrected chi connectivity index (χ1v) is 3.51. The average molecular weight is 157 g/mol. The number of amidine groups is 1. The predicted octanol–water partition coefficient (Wildman–Crippen LogP) is 0.546. The van der Waals surface area contributed by atoms with Crippen molar-refractivity contribution in [2.75, 3.05) is 0 Å². The Morgan fingerprint density at radius 3 is 3.00 bits per heavy atom. The number of nitrogens with two attached hydrogens (primary N) is 1. The topological polar surface area (TPSA) is 71.5 Å². The van der Waals surface area contributed by atoms with Gasteiger partial charge in [0.1, 0.15) is 0 Å². The van der Waals surface area contributed by atoms with Crippen molar-refractivity contribution in [3.05, 3.63) is 16.1 Å². The first-order valence-electron chi connectivity index (χ1n) is 2.63. The third-order valence-corrected chi connectivity index (χ3v) is 2.04. The second-order valence-corrected chi connectivity index (χ2v) is 2.61. The number of aromatic nitrogens is 1. The molecule has 0 atom stereocenters. The van der Waals surface area contributed by atoms with Gasteiger partial charge in [0.2, 0.25) is 0 Å². The maximum Gasteiger partial charge on any atom is 0.182 e. The van der Waals surface area contributed by atoms with E-state index in [0.29, 0.717) is 0 Å². The van der Waals surface area contributed by atoms with E-state index in [4.69, 9.17) is 10.9 Å². The van der Waals surface area contributed by atoms with E-state index in [1.807, 2.05) is 6.92 Å². The van der Waals surface area contributed by atoms with Gasteiger partial charge in [-0.05, 0) is 6.92 Å². The molecule has 0 saturated heterocycles. The van der Waals surface area contributed by atoms with Crippen molar-refractivity contribution in [1.82, 2.24) is 4.98 Å². The highest BCUT2D eigenvalue weighted by atomic mass is 32.1. The summed E-state index contributed by atoms with van der Waals surface area (Å²) in [6, 6.07) is 0. The lowest BCUT2D eigenvalue weighted by atomic mass is 10.4. The minimum atomic E-state index is 0.125. The van der Waals surface area contributed by atoms with Crippen LogP contribution in [0.1, 0.15) is 10.6 Å². The zero-order chi connectivity index (χ0) is 7.56. The van der Waals surface area contributed by atoms with Crippen molar-refractivity contribution in [3.8, 4) is 0 Å². The molecule has 0 aliphatic carbocycles. The summed E-state index contributed by atoms with van der Waals surface area (Å²) in [6.45, 7) is 1.81. The molecule has 3 N–H and O–H groups in total. The van der Waals surface area contributed by atoms with Gasteiger partial charge in [0, 0.05) is 0 Å². The summed E-state index contributed by atoms with van der Waals surface area (Å²) in [5, 5.41) is 11.1. The molecular weight excluding hydrogens is 150 g/mol. The Balaban J connectivity index is 3.05. The molecule has 1 heterocycles. The van der Waals surface area contributed by atoms with E-state index in [2.05, 4.69) is 10.1 Å². The lowest BCUT2D eigenvalue weighted by Crippen LogP contribution is -2.12. The normalized spacial score (nSPS) is 11.9. The third kappa shape index (κ3) is 1.08. The summed E-state index contributed by atoms with van der Waals surface area (Å²) in [5.74, 6) is 0.125. The van der Waals surface area contributed by atoms with Crippen LogP contribution in [-0.2, 0) is 0 Å². The minimum absolute atomic E-state index is 0.125. The monoisotopic (exact) mass is 157 g/mol. The Morgan fingerprint density at radius 2 is 2.60 bits per heavy atom. The molecule has 4 nitrogen and oxygen atoms in total. The van der Waals surface area contributed by atoms with Gasteiger partial charge in [-0.2, -0.15) is 0 Å². The van der Waals surface area contributed by atoms with E-state index in [0.717, 1.165) is 10.6 Å². The van der Waals surface area contributed by atoms with Crippen molar-refractivity contribution < 1.29 is 5.21 Å². The number of hydrogen-bond donors (Lipinski definition) is 2. The molecule has 10 heavy (non-hydrogen) atoms. The first-order chi connectivity index (χ1) is 4.75. The van der Waals surface area contributed by atoms with E-state index in [1.165, 1.54) is 11.3 Å². The summed E-state index contributed by atoms with van der Waals surface area (Å²) < 4.78 is 0. The van der Waals surface area contributed by atoms with Crippen molar-refractivity contribution >= 4 is 17.2 Å². The van der Waals surface area contributed by atoms with E-state index in [9.17, 15) is 0 Å². The highest BCUT2D eigenvalue weighted by Gasteiger charge is 2.04. The fourth-order valence-corrected chi connectivity index (χ4v) is 1.29. The molecule has 0 aliphatic heterocycles. The van der Waals surface area contributed by atoms with Crippen molar-refractivity contribution in [1.29, 1.82) is 0 Å². The van der Waals surface area contributed by atoms with Crippen LogP contribution in [0.4, 0.5) is 0 Å². The summed E-state index contributed by atoms with van der Waals surface area (Å²) in [5.41, 5.74) is 7.76. The van der Waals surface area contributed by atoms with Gasteiger partial charge < -0.3 is 10.9 Å². The zero-order valence-electron chi connectivity index (χ0n) is 5.40. The van der Waals surface area contributed by atoms with E-state index in [1.54, 1.807) is 5.51 Å². The molecule has 0 radical (unpaired) electrons. The number of hydrogen-bond acceptors (Lipinski definition) is 4. The smallest absolute Gasteiger partial charge is 0.182 e. The van der Waals surface area contributed by atoms with Gasteiger partial charge in [-0.15, -0.1) is 11.3 Å². The van der Waals surface area contributed by atoms with Crippen molar-refractivity contribution in [2.45, 2.75) is 6.92 Å². The van der Waals surface area contributed by atoms with Crippen molar-refractivity contribution in [3.63, 3.8) is 0 Å². The minimum Gasteiger partial charge on any atom is -0.409 e. The van der Waals surface area contributed by atoms with Crippen LogP contribution in [0.2, 0.25) is 0 Å². The molecule has 1 rings (SSSR count). The zero-order valence-corrected chi connectivity index (χ0v) is 6.22. The molecule has 1 aromatic heterocycles. The van der Waals surface area contributed by atoms with Crippen molar-refractivity contribution in [2.24, 2.45) is 10.9 Å². The molecular formula is C5H7N3OS. The van der Waals surface area contributed by atoms with Crippen LogP contribution < -0.4 is 5.73 Å². The van der Waals surface area contributed by atoms with Gasteiger partial charge in [-0.25, -0.2) is 4.98 Å². The average Bonchev–Trinajstić information content (AvgIpc) is 2.34. The quantitative estimate of drug-likeness (QED) is 0.270. The molecule has 5 heteroatoms. The molecule has 0 amide bonds. The number of oxime groups is 1. The Bertz CT molecular complexity index is 255. The Labute approximate surface area is 62.0 Å². The second kappa shape index (κ2) is 2.66. The maximum absolute atomic E-state index is 8.27. The van der Waals surface area contributed by atoms with Gasteiger partial charge in [0.15, 0.2) is 5.84 Å². The molecule has 0 aliphatic rings. The van der Waals surface area contributed by atoms with Gasteiger partial charge in [-0.1, -0.05) is 5.16 Å². The molecule has 0 spiro atoms. The van der Waals surface area contributed by atoms with E-state index < -0.39 is 0 Å². The molecule has 0 bridgehead atoms. The second-order valence-electron chi connectivity index (χ2n) is 1.75. The SMILES string of the molecule is Cc1ncsc1/C(N)=N/O. The maximum atomic E-state index is 8.27. The summed E-state index contributed by atoms with van der Waals surface area (Å²) in [7, 11) is 0. The molecule has 0 saturated carbocycles. The van der Waals surface area contributed by atoms with Gasteiger partial charge >= 0.3 is 0 Å². The van der Waals surface area contributed by atoms with Crippen LogP contribution >= 0.6 is 11.3 Å². The molecule has 54 valence electrons. The molecule has 0 unspecified atom stereocenters. The van der Waals surface area contributed by atoms with E-state index >= 15 is 0 Å². The van der Waals surface area contributed by atoms with Crippen LogP contribution in [0, 0.1) is 6.92 Å². The van der Waals surface area contributed by atoms with Crippen LogP contribution in [0.3, 0.4) is 0 Å². The van der Waals surface area contributed by atoms with Gasteiger partial charge in [0.05, 0.1) is 16.1 Å². The van der Waals surface area contributed by atoms with Crippen LogP contribution in [0.15, 0.2) is 10.7 Å². The number of rotatable bonds is 1. The number of nitrogens with zero attached hydrogens (tertiary/aromatic N) is 2. The Hall–Kier alpha value is -1.10. The highest BCUT2D eigenvalue weighted by Crippen LogP contribution is 2.10. The van der Waals surface area contributed by atoms with Gasteiger partial charge in [0.25, 0.3) is 0 Å². The molecule has 0 aromatic carbocycles.